The predicted octanol–water partition coefficient (Wildman–Crippen LogP) is 3.23. The van der Waals surface area contributed by atoms with Crippen molar-refractivity contribution in [3.05, 3.63) is 29.8 Å². The lowest BCUT2D eigenvalue weighted by Crippen LogP contribution is -2.40. The molecule has 1 saturated heterocycles. The van der Waals surface area contributed by atoms with E-state index in [1.807, 2.05) is 6.07 Å². The summed E-state index contributed by atoms with van der Waals surface area (Å²) in [5, 5.41) is 3.41. The van der Waals surface area contributed by atoms with Crippen LogP contribution < -0.4 is 5.32 Å². The van der Waals surface area contributed by atoms with Crippen molar-refractivity contribution in [2.24, 2.45) is 5.92 Å². The zero-order valence-corrected chi connectivity index (χ0v) is 12.3. The summed E-state index contributed by atoms with van der Waals surface area (Å²) in [5.41, 5.74) is 2.51. The van der Waals surface area contributed by atoms with Gasteiger partial charge in [0.05, 0.1) is 0 Å². The molecule has 0 aliphatic carbocycles. The molecular formula is C17H24N2O. The number of anilines is 1. The number of piperidine rings is 1. The van der Waals surface area contributed by atoms with Crippen LogP contribution in [0.5, 0.6) is 0 Å². The molecule has 108 valence electrons. The number of fused-ring (bicyclic) bond motifs is 1. The molecule has 2 aliphatic rings. The fourth-order valence-corrected chi connectivity index (χ4v) is 3.50. The van der Waals surface area contributed by atoms with Gasteiger partial charge >= 0.3 is 0 Å². The second-order valence-electron chi connectivity index (χ2n) is 6.13. The average molecular weight is 272 g/mol. The molecule has 1 N–H and O–H groups in total. The Balaban J connectivity index is 1.62. The van der Waals surface area contributed by atoms with E-state index in [0.29, 0.717) is 24.2 Å². The van der Waals surface area contributed by atoms with Gasteiger partial charge in [0, 0.05) is 37.7 Å². The van der Waals surface area contributed by atoms with E-state index in [4.69, 9.17) is 0 Å². The van der Waals surface area contributed by atoms with Crippen LogP contribution in [0.15, 0.2) is 24.3 Å². The number of nitrogens with one attached hydrogen (secondary N) is 1. The maximum atomic E-state index is 12.5. The number of rotatable bonds is 3. The van der Waals surface area contributed by atoms with Gasteiger partial charge in [0.25, 0.3) is 0 Å². The van der Waals surface area contributed by atoms with Crippen molar-refractivity contribution in [3.8, 4) is 0 Å². The minimum Gasteiger partial charge on any atom is -0.384 e. The Morgan fingerprint density at radius 1 is 1.40 bits per heavy atom. The van der Waals surface area contributed by atoms with Crippen molar-refractivity contribution in [1.82, 2.24) is 4.90 Å². The molecule has 2 heterocycles. The van der Waals surface area contributed by atoms with Crippen LogP contribution in [0.1, 0.15) is 44.1 Å². The highest BCUT2D eigenvalue weighted by atomic mass is 16.2. The third-order valence-electron chi connectivity index (χ3n) is 4.81. The highest BCUT2D eigenvalue weighted by Crippen LogP contribution is 2.34. The first-order valence-corrected chi connectivity index (χ1v) is 7.88. The second-order valence-corrected chi connectivity index (χ2v) is 6.13. The summed E-state index contributed by atoms with van der Waals surface area (Å²) in [5.74, 6) is 1.40. The molecular weight excluding hydrogens is 248 g/mol. The van der Waals surface area contributed by atoms with Crippen molar-refractivity contribution >= 4 is 11.6 Å². The molecule has 1 aromatic rings. The number of carbonyl (C=O) groups is 1. The molecule has 2 atom stereocenters. The molecule has 2 unspecified atom stereocenters. The van der Waals surface area contributed by atoms with E-state index in [0.717, 1.165) is 19.6 Å². The third-order valence-corrected chi connectivity index (χ3v) is 4.81. The van der Waals surface area contributed by atoms with Crippen LogP contribution in [0.25, 0.3) is 0 Å². The predicted molar refractivity (Wildman–Crippen MR) is 81.9 cm³/mol. The molecule has 1 fully saturated rings. The Labute approximate surface area is 121 Å². The lowest BCUT2D eigenvalue weighted by molar-refractivity contribution is -0.133. The fourth-order valence-electron chi connectivity index (χ4n) is 3.50. The fraction of sp³-hybridized carbons (Fsp3) is 0.588. The zero-order chi connectivity index (χ0) is 13.9. The average Bonchev–Trinajstić information content (AvgIpc) is 2.90. The molecule has 3 rings (SSSR count). The third kappa shape index (κ3) is 2.67. The van der Waals surface area contributed by atoms with Crippen LogP contribution in [0.4, 0.5) is 5.69 Å². The summed E-state index contributed by atoms with van der Waals surface area (Å²) in [6.07, 6.45) is 4.30. The zero-order valence-electron chi connectivity index (χ0n) is 12.3. The van der Waals surface area contributed by atoms with Gasteiger partial charge in [0.15, 0.2) is 0 Å². The molecule has 2 aliphatic heterocycles. The number of likely N-dealkylation sites (tertiary alicyclic amines) is 1. The number of benzene rings is 1. The van der Waals surface area contributed by atoms with Crippen molar-refractivity contribution in [3.63, 3.8) is 0 Å². The molecule has 0 bridgehead atoms. The lowest BCUT2D eigenvalue weighted by Gasteiger charge is -2.33. The minimum absolute atomic E-state index is 0.339. The monoisotopic (exact) mass is 272 g/mol. The smallest absolute Gasteiger partial charge is 0.223 e. The topological polar surface area (TPSA) is 32.3 Å². The summed E-state index contributed by atoms with van der Waals surface area (Å²) < 4.78 is 0. The molecule has 0 saturated carbocycles. The molecule has 20 heavy (non-hydrogen) atoms. The standard InChI is InChI=1S/C17H24N2O/c1-2-13-6-5-9-19(12-13)17(20)10-14-11-18-16-8-4-3-7-15(14)16/h3-4,7-8,13-14,18H,2,5-6,9-12H2,1H3. The van der Waals surface area contributed by atoms with Crippen LogP contribution in [-0.2, 0) is 4.79 Å². The number of hydrogen-bond acceptors (Lipinski definition) is 2. The quantitative estimate of drug-likeness (QED) is 0.916. The molecule has 3 nitrogen and oxygen atoms in total. The summed E-state index contributed by atoms with van der Waals surface area (Å²) in [7, 11) is 0. The van der Waals surface area contributed by atoms with Gasteiger partial charge in [-0.1, -0.05) is 31.5 Å². The largest absolute Gasteiger partial charge is 0.384 e. The van der Waals surface area contributed by atoms with Crippen molar-refractivity contribution in [2.45, 2.75) is 38.5 Å². The summed E-state index contributed by atoms with van der Waals surface area (Å²) in [6, 6.07) is 8.37. The number of amides is 1. The first kappa shape index (κ1) is 13.5. The van der Waals surface area contributed by atoms with Gasteiger partial charge in [-0.25, -0.2) is 0 Å². The van der Waals surface area contributed by atoms with Crippen molar-refractivity contribution < 1.29 is 4.79 Å². The van der Waals surface area contributed by atoms with Crippen molar-refractivity contribution in [2.75, 3.05) is 25.0 Å². The van der Waals surface area contributed by atoms with Gasteiger partial charge in [0.2, 0.25) is 5.91 Å². The first-order chi connectivity index (χ1) is 9.78. The Morgan fingerprint density at radius 3 is 3.10 bits per heavy atom. The Bertz CT molecular complexity index is 486. The SMILES string of the molecule is CCC1CCCN(C(=O)CC2CNc3ccccc32)C1. The van der Waals surface area contributed by atoms with E-state index in [1.165, 1.54) is 30.5 Å². The molecule has 3 heteroatoms. The molecule has 1 amide bonds. The second kappa shape index (κ2) is 5.86. The highest BCUT2D eigenvalue weighted by Gasteiger charge is 2.28. The minimum atomic E-state index is 0.339. The van der Waals surface area contributed by atoms with Gasteiger partial charge in [-0.2, -0.15) is 0 Å². The van der Waals surface area contributed by atoms with E-state index in [2.05, 4.69) is 35.3 Å². The Morgan fingerprint density at radius 2 is 2.25 bits per heavy atom. The molecule has 1 aromatic carbocycles. The van der Waals surface area contributed by atoms with E-state index < -0.39 is 0 Å². The maximum absolute atomic E-state index is 12.5. The number of carbonyl (C=O) groups excluding carboxylic acids is 1. The Kier molecular flexibility index (Phi) is 3.95. The lowest BCUT2D eigenvalue weighted by atomic mass is 9.93. The van der Waals surface area contributed by atoms with Gasteiger partial charge < -0.3 is 10.2 Å². The molecule has 0 radical (unpaired) electrons. The van der Waals surface area contributed by atoms with Gasteiger partial charge in [-0.15, -0.1) is 0 Å². The highest BCUT2D eigenvalue weighted by molar-refractivity contribution is 5.78. The summed E-state index contributed by atoms with van der Waals surface area (Å²) in [6.45, 7) is 5.06. The van der Waals surface area contributed by atoms with Crippen LogP contribution in [0.2, 0.25) is 0 Å². The number of hydrogen-bond donors (Lipinski definition) is 1. The van der Waals surface area contributed by atoms with Crippen LogP contribution >= 0.6 is 0 Å². The normalized spacial score (nSPS) is 25.1. The molecule has 0 aromatic heterocycles. The number of nitrogens with zero attached hydrogens (tertiary/aromatic N) is 1. The maximum Gasteiger partial charge on any atom is 0.223 e. The van der Waals surface area contributed by atoms with Crippen LogP contribution in [0.3, 0.4) is 0 Å². The summed E-state index contributed by atoms with van der Waals surface area (Å²) in [4.78, 5) is 14.6. The Hall–Kier alpha value is -1.51. The number of para-hydroxylation sites is 1. The summed E-state index contributed by atoms with van der Waals surface area (Å²) >= 11 is 0. The van der Waals surface area contributed by atoms with E-state index in [9.17, 15) is 4.79 Å². The van der Waals surface area contributed by atoms with E-state index in [1.54, 1.807) is 0 Å². The van der Waals surface area contributed by atoms with Gasteiger partial charge in [0.1, 0.15) is 0 Å². The van der Waals surface area contributed by atoms with Crippen LogP contribution in [0, 0.1) is 5.92 Å². The van der Waals surface area contributed by atoms with E-state index in [-0.39, 0.29) is 0 Å². The molecule has 0 spiro atoms. The van der Waals surface area contributed by atoms with Gasteiger partial charge in [-0.05, 0) is 30.4 Å². The first-order valence-electron chi connectivity index (χ1n) is 7.88. The van der Waals surface area contributed by atoms with E-state index >= 15 is 0 Å². The van der Waals surface area contributed by atoms with Crippen LogP contribution in [-0.4, -0.2) is 30.4 Å². The van der Waals surface area contributed by atoms with Gasteiger partial charge in [-0.3, -0.25) is 4.79 Å². The van der Waals surface area contributed by atoms with Crippen molar-refractivity contribution in [1.29, 1.82) is 0 Å².